The standard InChI is InChI=1S/C17H34O3Si4/c1-11-16-12-14-17(15-13-16)24(18-21(2,3)4,19-22(5,6)7)20-23(8,9)10/h11-15H,1H2,2-10H3. The molecule has 0 bridgehead atoms. The molecule has 0 unspecified atom stereocenters. The molecular weight excluding hydrogens is 365 g/mol. The highest BCUT2D eigenvalue weighted by molar-refractivity contribution is 6.95. The Morgan fingerprint density at radius 1 is 0.667 bits per heavy atom. The zero-order chi connectivity index (χ0) is 18.8. The van der Waals surface area contributed by atoms with Gasteiger partial charge >= 0.3 is 8.80 Å². The summed E-state index contributed by atoms with van der Waals surface area (Å²) in [4.78, 5) is 0. The molecule has 0 saturated heterocycles. The summed E-state index contributed by atoms with van der Waals surface area (Å²) < 4.78 is 20.1. The first-order valence-electron chi connectivity index (χ1n) is 8.49. The molecule has 1 aromatic rings. The third-order valence-corrected chi connectivity index (χ3v) is 14.4. The van der Waals surface area contributed by atoms with E-state index in [4.69, 9.17) is 12.3 Å². The van der Waals surface area contributed by atoms with Crippen molar-refractivity contribution in [3.8, 4) is 0 Å². The van der Waals surface area contributed by atoms with Crippen LogP contribution in [0.1, 0.15) is 5.56 Å². The lowest BCUT2D eigenvalue weighted by molar-refractivity contribution is 0.273. The summed E-state index contributed by atoms with van der Waals surface area (Å²) in [5.41, 5.74) is 1.09. The van der Waals surface area contributed by atoms with E-state index in [1.807, 2.05) is 6.08 Å². The van der Waals surface area contributed by atoms with Crippen molar-refractivity contribution < 1.29 is 12.3 Å². The summed E-state index contributed by atoms with van der Waals surface area (Å²) in [5.74, 6) is 0. The molecular formula is C17H34O3Si4. The molecule has 3 nitrogen and oxygen atoms in total. The maximum Gasteiger partial charge on any atom is 0.505 e. The number of benzene rings is 1. The van der Waals surface area contributed by atoms with Gasteiger partial charge in [0.15, 0.2) is 25.0 Å². The van der Waals surface area contributed by atoms with Crippen LogP contribution in [0.2, 0.25) is 58.9 Å². The Kier molecular flexibility index (Phi) is 6.82. The third kappa shape index (κ3) is 7.30. The normalized spacial score (nSPS) is 13.9. The number of rotatable bonds is 8. The smallest absolute Gasteiger partial charge is 0.414 e. The molecule has 0 fully saturated rings. The zero-order valence-corrected chi connectivity index (χ0v) is 20.8. The van der Waals surface area contributed by atoms with E-state index in [0.717, 1.165) is 10.8 Å². The van der Waals surface area contributed by atoms with Crippen molar-refractivity contribution in [2.24, 2.45) is 0 Å². The minimum Gasteiger partial charge on any atom is -0.414 e. The lowest BCUT2D eigenvalue weighted by Crippen LogP contribution is -2.67. The molecule has 7 heteroatoms. The monoisotopic (exact) mass is 398 g/mol. The fraction of sp³-hybridized carbons (Fsp3) is 0.529. The van der Waals surface area contributed by atoms with Crippen LogP contribution in [0.3, 0.4) is 0 Å². The molecule has 0 heterocycles. The first kappa shape index (κ1) is 21.7. The van der Waals surface area contributed by atoms with Gasteiger partial charge in [0.2, 0.25) is 0 Å². The van der Waals surface area contributed by atoms with Crippen molar-refractivity contribution in [1.29, 1.82) is 0 Å². The van der Waals surface area contributed by atoms with Gasteiger partial charge in [0, 0.05) is 5.19 Å². The molecule has 0 aliphatic heterocycles. The highest BCUT2D eigenvalue weighted by atomic mass is 28.5. The van der Waals surface area contributed by atoms with Gasteiger partial charge in [0.25, 0.3) is 0 Å². The molecule has 0 spiro atoms. The van der Waals surface area contributed by atoms with Crippen molar-refractivity contribution in [2.45, 2.75) is 58.9 Å². The summed E-state index contributed by atoms with van der Waals surface area (Å²) in [7, 11) is -8.55. The fourth-order valence-corrected chi connectivity index (χ4v) is 15.6. The molecule has 0 radical (unpaired) electrons. The van der Waals surface area contributed by atoms with Crippen molar-refractivity contribution in [3.63, 3.8) is 0 Å². The molecule has 0 N–H and O–H groups in total. The Morgan fingerprint density at radius 2 is 1.00 bits per heavy atom. The van der Waals surface area contributed by atoms with Gasteiger partial charge < -0.3 is 12.3 Å². The highest BCUT2D eigenvalue weighted by Crippen LogP contribution is 2.25. The molecule has 136 valence electrons. The van der Waals surface area contributed by atoms with Gasteiger partial charge in [-0.3, -0.25) is 0 Å². The lowest BCUT2D eigenvalue weighted by atomic mass is 10.2. The van der Waals surface area contributed by atoms with Crippen LogP contribution in [0.4, 0.5) is 0 Å². The average molecular weight is 399 g/mol. The van der Waals surface area contributed by atoms with Crippen molar-refractivity contribution >= 4 is 45.0 Å². The van der Waals surface area contributed by atoms with E-state index in [1.165, 1.54) is 0 Å². The van der Waals surface area contributed by atoms with E-state index in [0.29, 0.717) is 0 Å². The summed E-state index contributed by atoms with van der Waals surface area (Å²) >= 11 is 0. The van der Waals surface area contributed by atoms with E-state index in [9.17, 15) is 0 Å². The first-order valence-corrected chi connectivity index (χ1v) is 20.4. The molecule has 0 saturated carbocycles. The van der Waals surface area contributed by atoms with Crippen molar-refractivity contribution in [2.75, 3.05) is 0 Å². The van der Waals surface area contributed by atoms with Gasteiger partial charge in [-0.05, 0) is 64.5 Å². The predicted molar refractivity (Wildman–Crippen MR) is 115 cm³/mol. The second-order valence-electron chi connectivity index (χ2n) is 9.03. The van der Waals surface area contributed by atoms with E-state index in [1.54, 1.807) is 0 Å². The Hall–Kier alpha value is -0.292. The summed E-state index contributed by atoms with van der Waals surface area (Å²) in [6.45, 7) is 23.7. The minimum absolute atomic E-state index is 1.07. The van der Waals surface area contributed by atoms with Gasteiger partial charge in [-0.1, -0.05) is 36.9 Å². The molecule has 0 aliphatic rings. The van der Waals surface area contributed by atoms with E-state index in [-0.39, 0.29) is 0 Å². The van der Waals surface area contributed by atoms with Crippen LogP contribution >= 0.6 is 0 Å². The zero-order valence-electron chi connectivity index (χ0n) is 16.8. The quantitative estimate of drug-likeness (QED) is 0.575. The van der Waals surface area contributed by atoms with E-state index in [2.05, 4.69) is 89.8 Å². The van der Waals surface area contributed by atoms with Crippen LogP contribution in [0, 0.1) is 0 Å². The topological polar surface area (TPSA) is 27.7 Å². The first-order chi connectivity index (χ1) is 10.7. The van der Waals surface area contributed by atoms with Gasteiger partial charge in [0.1, 0.15) is 0 Å². The third-order valence-electron chi connectivity index (χ3n) is 2.82. The van der Waals surface area contributed by atoms with Crippen LogP contribution in [0.15, 0.2) is 30.8 Å². The molecule has 0 aliphatic carbocycles. The molecule has 1 aromatic carbocycles. The number of hydrogen-bond acceptors (Lipinski definition) is 3. The second kappa shape index (κ2) is 7.53. The van der Waals surface area contributed by atoms with Crippen LogP contribution in [-0.2, 0) is 12.3 Å². The van der Waals surface area contributed by atoms with Gasteiger partial charge in [-0.15, -0.1) is 0 Å². The largest absolute Gasteiger partial charge is 0.505 e. The summed E-state index contributed by atoms with van der Waals surface area (Å²) in [6.07, 6.45) is 1.85. The second-order valence-corrected chi connectivity index (χ2v) is 25.8. The Labute approximate surface area is 152 Å². The maximum atomic E-state index is 6.71. The Bertz CT molecular complexity index is 510. The fourth-order valence-electron chi connectivity index (χ4n) is 2.27. The maximum absolute atomic E-state index is 6.71. The van der Waals surface area contributed by atoms with Crippen LogP contribution in [0.25, 0.3) is 6.08 Å². The molecule has 0 atom stereocenters. The Morgan fingerprint density at radius 3 is 1.25 bits per heavy atom. The lowest BCUT2D eigenvalue weighted by Gasteiger charge is -2.42. The molecule has 1 rings (SSSR count). The molecule has 0 aromatic heterocycles. The number of hydrogen-bond donors (Lipinski definition) is 0. The van der Waals surface area contributed by atoms with Gasteiger partial charge in [-0.25, -0.2) is 0 Å². The van der Waals surface area contributed by atoms with Gasteiger partial charge in [0.05, 0.1) is 0 Å². The van der Waals surface area contributed by atoms with Crippen LogP contribution < -0.4 is 5.19 Å². The SMILES string of the molecule is C=Cc1ccc([Si](O[Si](C)(C)C)(O[Si](C)(C)C)O[Si](C)(C)C)cc1. The van der Waals surface area contributed by atoms with Crippen LogP contribution in [0.5, 0.6) is 0 Å². The highest BCUT2D eigenvalue weighted by Gasteiger charge is 2.51. The van der Waals surface area contributed by atoms with Crippen LogP contribution in [-0.4, -0.2) is 33.8 Å². The van der Waals surface area contributed by atoms with Crippen molar-refractivity contribution in [3.05, 3.63) is 36.4 Å². The summed E-state index contributed by atoms with van der Waals surface area (Å²) in [5, 5.41) is 1.07. The van der Waals surface area contributed by atoms with Gasteiger partial charge in [-0.2, -0.15) is 0 Å². The van der Waals surface area contributed by atoms with E-state index >= 15 is 0 Å². The Balaban J connectivity index is 3.49. The van der Waals surface area contributed by atoms with E-state index < -0.39 is 33.8 Å². The predicted octanol–water partition coefficient (Wildman–Crippen LogP) is 5.03. The van der Waals surface area contributed by atoms with Crippen molar-refractivity contribution in [1.82, 2.24) is 0 Å². The minimum atomic E-state index is -2.96. The molecule has 0 amide bonds. The summed E-state index contributed by atoms with van der Waals surface area (Å²) in [6, 6.07) is 8.34. The molecule has 24 heavy (non-hydrogen) atoms. The average Bonchev–Trinajstić information content (AvgIpc) is 2.32.